The molecule has 0 fully saturated rings. The first-order valence-electron chi connectivity index (χ1n) is 9.45. The highest BCUT2D eigenvalue weighted by atomic mass is 16.5. The Kier molecular flexibility index (Phi) is 7.34. The summed E-state index contributed by atoms with van der Waals surface area (Å²) in [5.41, 5.74) is 2.19. The third kappa shape index (κ3) is 6.77. The molecule has 3 aromatic rings. The van der Waals surface area contributed by atoms with E-state index in [1.165, 1.54) is 6.20 Å². The first-order valence-corrected chi connectivity index (χ1v) is 9.45. The van der Waals surface area contributed by atoms with E-state index in [1.54, 1.807) is 18.3 Å². The molecule has 0 spiro atoms. The number of hydrogen-bond acceptors (Lipinski definition) is 4. The van der Waals surface area contributed by atoms with E-state index in [1.807, 2.05) is 54.6 Å². The van der Waals surface area contributed by atoms with Crippen LogP contribution < -0.4 is 15.4 Å². The van der Waals surface area contributed by atoms with Gasteiger partial charge in [0.05, 0.1) is 12.2 Å². The van der Waals surface area contributed by atoms with Crippen molar-refractivity contribution in [3.63, 3.8) is 0 Å². The highest BCUT2D eigenvalue weighted by Crippen LogP contribution is 2.12. The monoisotopic (exact) mass is 389 g/mol. The van der Waals surface area contributed by atoms with E-state index >= 15 is 0 Å². The van der Waals surface area contributed by atoms with Crippen molar-refractivity contribution >= 4 is 17.5 Å². The van der Waals surface area contributed by atoms with E-state index in [0.717, 1.165) is 17.0 Å². The first-order chi connectivity index (χ1) is 14.2. The molecule has 2 N–H and O–H groups in total. The Morgan fingerprint density at radius 3 is 2.45 bits per heavy atom. The number of pyridine rings is 1. The summed E-state index contributed by atoms with van der Waals surface area (Å²) in [5, 5.41) is 5.71. The van der Waals surface area contributed by atoms with Crippen molar-refractivity contribution in [3.8, 4) is 5.75 Å². The third-order valence-electron chi connectivity index (χ3n) is 4.17. The number of hydrogen-bond donors (Lipinski definition) is 2. The second kappa shape index (κ2) is 10.6. The Labute approximate surface area is 169 Å². The number of rotatable bonds is 9. The summed E-state index contributed by atoms with van der Waals surface area (Å²) in [6.45, 7) is 0.895. The van der Waals surface area contributed by atoms with E-state index in [9.17, 15) is 9.59 Å². The van der Waals surface area contributed by atoms with Gasteiger partial charge in [0.15, 0.2) is 0 Å². The van der Waals surface area contributed by atoms with Crippen molar-refractivity contribution in [1.82, 2.24) is 10.3 Å². The van der Waals surface area contributed by atoms with Gasteiger partial charge in [-0.2, -0.15) is 0 Å². The molecule has 2 aromatic carbocycles. The summed E-state index contributed by atoms with van der Waals surface area (Å²) in [4.78, 5) is 28.0. The molecule has 2 amide bonds. The van der Waals surface area contributed by atoms with E-state index in [4.69, 9.17) is 4.74 Å². The minimum absolute atomic E-state index is 0.0562. The van der Waals surface area contributed by atoms with E-state index in [0.29, 0.717) is 31.6 Å². The molecule has 0 aliphatic rings. The SMILES string of the molecule is O=C(CCCOc1ccccc1)Nc1ccc(CNC(=O)c2cccnc2)cc1. The van der Waals surface area contributed by atoms with Crippen molar-refractivity contribution in [3.05, 3.63) is 90.3 Å². The summed E-state index contributed by atoms with van der Waals surface area (Å²) < 4.78 is 5.58. The van der Waals surface area contributed by atoms with Crippen LogP contribution in [-0.2, 0) is 11.3 Å². The van der Waals surface area contributed by atoms with Crippen molar-refractivity contribution in [1.29, 1.82) is 0 Å². The quantitative estimate of drug-likeness (QED) is 0.546. The summed E-state index contributed by atoms with van der Waals surface area (Å²) >= 11 is 0. The van der Waals surface area contributed by atoms with Crippen LogP contribution in [0, 0.1) is 0 Å². The lowest BCUT2D eigenvalue weighted by molar-refractivity contribution is -0.116. The number of carbonyl (C=O) groups is 2. The second-order valence-electron chi connectivity index (χ2n) is 6.43. The molecule has 0 saturated heterocycles. The van der Waals surface area contributed by atoms with Crippen molar-refractivity contribution in [2.45, 2.75) is 19.4 Å². The second-order valence-corrected chi connectivity index (χ2v) is 6.43. The molecule has 0 unspecified atom stereocenters. The molecule has 1 aromatic heterocycles. The normalized spacial score (nSPS) is 10.2. The average Bonchev–Trinajstić information content (AvgIpc) is 2.77. The molecular formula is C23H23N3O3. The van der Waals surface area contributed by atoms with E-state index in [-0.39, 0.29) is 11.8 Å². The zero-order valence-corrected chi connectivity index (χ0v) is 16.0. The predicted molar refractivity (Wildman–Crippen MR) is 112 cm³/mol. The van der Waals surface area contributed by atoms with Crippen LogP contribution in [0.4, 0.5) is 5.69 Å². The van der Waals surface area contributed by atoms with Crippen molar-refractivity contribution in [2.24, 2.45) is 0 Å². The van der Waals surface area contributed by atoms with Crippen LogP contribution in [0.2, 0.25) is 0 Å². The Morgan fingerprint density at radius 2 is 1.72 bits per heavy atom. The molecule has 3 rings (SSSR count). The summed E-state index contributed by atoms with van der Waals surface area (Å²) in [5.74, 6) is 0.576. The summed E-state index contributed by atoms with van der Waals surface area (Å²) in [6, 6.07) is 20.4. The van der Waals surface area contributed by atoms with Gasteiger partial charge in [-0.3, -0.25) is 14.6 Å². The highest BCUT2D eigenvalue weighted by molar-refractivity contribution is 5.93. The molecule has 0 atom stereocenters. The van der Waals surface area contributed by atoms with Gasteiger partial charge >= 0.3 is 0 Å². The number of ether oxygens (including phenoxy) is 1. The van der Waals surface area contributed by atoms with Gasteiger partial charge in [-0.05, 0) is 48.4 Å². The minimum Gasteiger partial charge on any atom is -0.494 e. The fourth-order valence-electron chi connectivity index (χ4n) is 2.65. The zero-order chi connectivity index (χ0) is 20.3. The number of anilines is 1. The van der Waals surface area contributed by atoms with Gasteiger partial charge in [0.25, 0.3) is 5.91 Å². The van der Waals surface area contributed by atoms with Crippen LogP contribution >= 0.6 is 0 Å². The van der Waals surface area contributed by atoms with E-state index in [2.05, 4.69) is 15.6 Å². The molecule has 0 aliphatic carbocycles. The molecule has 148 valence electrons. The molecule has 0 bridgehead atoms. The van der Waals surface area contributed by atoms with Gasteiger partial charge in [-0.15, -0.1) is 0 Å². The zero-order valence-electron chi connectivity index (χ0n) is 16.0. The average molecular weight is 389 g/mol. The standard InChI is InChI=1S/C23H23N3O3/c27-22(9-5-15-29-21-7-2-1-3-8-21)26-20-12-10-18(11-13-20)16-25-23(28)19-6-4-14-24-17-19/h1-4,6-8,10-14,17H,5,9,15-16H2,(H,25,28)(H,26,27). The van der Waals surface area contributed by atoms with Crippen molar-refractivity contribution in [2.75, 3.05) is 11.9 Å². The Bertz CT molecular complexity index is 913. The minimum atomic E-state index is -0.173. The molecule has 0 aliphatic heterocycles. The van der Waals surface area contributed by atoms with E-state index < -0.39 is 0 Å². The van der Waals surface area contributed by atoms with Gasteiger partial charge in [0, 0.05) is 31.0 Å². The fourth-order valence-corrected chi connectivity index (χ4v) is 2.65. The lowest BCUT2D eigenvalue weighted by atomic mass is 10.2. The molecule has 1 heterocycles. The maximum Gasteiger partial charge on any atom is 0.253 e. The molecular weight excluding hydrogens is 366 g/mol. The van der Waals surface area contributed by atoms with Crippen molar-refractivity contribution < 1.29 is 14.3 Å². The lowest BCUT2D eigenvalue weighted by Crippen LogP contribution is -2.22. The summed E-state index contributed by atoms with van der Waals surface area (Å²) in [6.07, 6.45) is 4.17. The molecule has 29 heavy (non-hydrogen) atoms. The van der Waals surface area contributed by atoms with Gasteiger partial charge in [-0.25, -0.2) is 0 Å². The van der Waals surface area contributed by atoms with Crippen LogP contribution in [0.15, 0.2) is 79.1 Å². The van der Waals surface area contributed by atoms with Crippen LogP contribution in [0.3, 0.4) is 0 Å². The summed E-state index contributed by atoms with van der Waals surface area (Å²) in [7, 11) is 0. The van der Waals surface area contributed by atoms with Gasteiger partial charge in [0.2, 0.25) is 5.91 Å². The molecule has 0 radical (unpaired) electrons. The van der Waals surface area contributed by atoms with Crippen LogP contribution in [0.5, 0.6) is 5.75 Å². The number of para-hydroxylation sites is 1. The Morgan fingerprint density at radius 1 is 0.931 bits per heavy atom. The van der Waals surface area contributed by atoms with Crippen LogP contribution in [0.25, 0.3) is 0 Å². The number of benzene rings is 2. The number of carbonyl (C=O) groups excluding carboxylic acids is 2. The largest absolute Gasteiger partial charge is 0.494 e. The lowest BCUT2D eigenvalue weighted by Gasteiger charge is -2.08. The van der Waals surface area contributed by atoms with Crippen LogP contribution in [0.1, 0.15) is 28.8 Å². The number of aromatic nitrogens is 1. The first kappa shape index (κ1) is 20.1. The molecule has 6 heteroatoms. The van der Waals surface area contributed by atoms with Crippen LogP contribution in [-0.4, -0.2) is 23.4 Å². The Hall–Kier alpha value is -3.67. The highest BCUT2D eigenvalue weighted by Gasteiger charge is 2.06. The number of nitrogens with zero attached hydrogens (tertiary/aromatic N) is 1. The Balaban J connectivity index is 1.37. The maximum atomic E-state index is 12.1. The smallest absolute Gasteiger partial charge is 0.253 e. The fraction of sp³-hybridized carbons (Fsp3) is 0.174. The topological polar surface area (TPSA) is 80.3 Å². The molecule has 6 nitrogen and oxygen atoms in total. The number of amides is 2. The number of nitrogens with one attached hydrogen (secondary N) is 2. The van der Waals surface area contributed by atoms with Gasteiger partial charge in [-0.1, -0.05) is 30.3 Å². The predicted octanol–water partition coefficient (Wildman–Crippen LogP) is 3.81. The third-order valence-corrected chi connectivity index (χ3v) is 4.17. The van der Waals surface area contributed by atoms with Gasteiger partial charge < -0.3 is 15.4 Å². The molecule has 0 saturated carbocycles. The maximum absolute atomic E-state index is 12.1. The van der Waals surface area contributed by atoms with Gasteiger partial charge in [0.1, 0.15) is 5.75 Å².